The molecule has 1 aliphatic rings. The molecule has 4 nitrogen and oxygen atoms in total. The highest BCUT2D eigenvalue weighted by atomic mass is 16.1. The maximum atomic E-state index is 11.4. The van der Waals surface area contributed by atoms with E-state index >= 15 is 0 Å². The summed E-state index contributed by atoms with van der Waals surface area (Å²) in [7, 11) is 0. The Morgan fingerprint density at radius 2 is 1.96 bits per heavy atom. The molecule has 0 bridgehead atoms. The normalized spacial score (nSPS) is 20.4. The zero-order valence-electron chi connectivity index (χ0n) is 15.1. The molecule has 2 atom stereocenters. The average Bonchev–Trinajstić information content (AvgIpc) is 3.06. The highest BCUT2D eigenvalue weighted by molar-refractivity contribution is 5.97. The van der Waals surface area contributed by atoms with Gasteiger partial charge in [0.1, 0.15) is 0 Å². The van der Waals surface area contributed by atoms with Crippen molar-refractivity contribution >= 4 is 16.8 Å². The molecule has 2 N–H and O–H groups in total. The van der Waals surface area contributed by atoms with E-state index in [2.05, 4.69) is 59.2 Å². The van der Waals surface area contributed by atoms with Crippen molar-refractivity contribution in [2.75, 3.05) is 11.6 Å². The van der Waals surface area contributed by atoms with Gasteiger partial charge in [0.25, 0.3) is 0 Å². The quantitative estimate of drug-likeness (QED) is 0.782. The maximum Gasteiger partial charge on any atom is 0.248 e. The largest absolute Gasteiger partial charge is 0.366 e. The molecule has 4 heteroatoms. The maximum absolute atomic E-state index is 11.4. The van der Waals surface area contributed by atoms with Crippen molar-refractivity contribution in [3.8, 4) is 0 Å². The van der Waals surface area contributed by atoms with Crippen LogP contribution in [0, 0.1) is 5.92 Å². The van der Waals surface area contributed by atoms with Crippen molar-refractivity contribution in [2.24, 2.45) is 11.7 Å². The SMILES string of the molecule is CC1CC(Cc2ccccc2)CCN1n1ccc2cc(C(N)=O)ccc21. The first-order chi connectivity index (χ1) is 12.6. The number of piperidine rings is 1. The standard InChI is InChI=1S/C22H25N3O/c1-16-13-18(14-17-5-3-2-4-6-17)9-11-24(16)25-12-10-19-15-20(22(23)26)7-8-21(19)25/h2-8,10,12,15-16,18H,9,11,13-14H2,1H3,(H2,23,26). The molecule has 3 aromatic rings. The number of aromatic nitrogens is 1. The van der Waals surface area contributed by atoms with Gasteiger partial charge < -0.3 is 10.7 Å². The van der Waals surface area contributed by atoms with Gasteiger partial charge in [-0.05, 0) is 61.9 Å². The number of carbonyl (C=O) groups excluding carboxylic acids is 1. The minimum Gasteiger partial charge on any atom is -0.366 e. The fourth-order valence-electron chi connectivity index (χ4n) is 4.22. The van der Waals surface area contributed by atoms with Crippen LogP contribution in [0.25, 0.3) is 10.9 Å². The third-order valence-electron chi connectivity index (χ3n) is 5.55. The van der Waals surface area contributed by atoms with Crippen molar-refractivity contribution in [1.29, 1.82) is 0 Å². The van der Waals surface area contributed by atoms with Crippen LogP contribution in [-0.2, 0) is 6.42 Å². The van der Waals surface area contributed by atoms with Crippen LogP contribution < -0.4 is 10.7 Å². The summed E-state index contributed by atoms with van der Waals surface area (Å²) in [6.45, 7) is 3.35. The summed E-state index contributed by atoms with van der Waals surface area (Å²) in [5.41, 5.74) is 8.52. The number of primary amides is 1. The first kappa shape index (κ1) is 16.7. The summed E-state index contributed by atoms with van der Waals surface area (Å²) in [6.07, 6.45) is 5.64. The van der Waals surface area contributed by atoms with Crippen molar-refractivity contribution < 1.29 is 4.79 Å². The van der Waals surface area contributed by atoms with E-state index < -0.39 is 0 Å². The molecule has 1 saturated heterocycles. The minimum atomic E-state index is -0.380. The molecule has 1 fully saturated rings. The Morgan fingerprint density at radius 3 is 2.69 bits per heavy atom. The monoisotopic (exact) mass is 347 g/mol. The molecule has 1 aromatic heterocycles. The third kappa shape index (κ3) is 3.19. The van der Waals surface area contributed by atoms with Crippen molar-refractivity contribution in [1.82, 2.24) is 4.68 Å². The molecule has 1 amide bonds. The molecule has 4 rings (SSSR count). The first-order valence-corrected chi connectivity index (χ1v) is 9.33. The lowest BCUT2D eigenvalue weighted by molar-refractivity contribution is 0.100. The molecule has 26 heavy (non-hydrogen) atoms. The number of hydrogen-bond donors (Lipinski definition) is 1. The number of nitrogens with zero attached hydrogens (tertiary/aromatic N) is 2. The fourth-order valence-corrected chi connectivity index (χ4v) is 4.22. The van der Waals surface area contributed by atoms with Gasteiger partial charge in [0.05, 0.1) is 5.52 Å². The van der Waals surface area contributed by atoms with Gasteiger partial charge in [-0.1, -0.05) is 30.3 Å². The van der Waals surface area contributed by atoms with Crippen LogP contribution in [0.1, 0.15) is 35.7 Å². The second kappa shape index (κ2) is 6.87. The van der Waals surface area contributed by atoms with E-state index in [0.717, 1.165) is 29.8 Å². The molecule has 134 valence electrons. The second-order valence-corrected chi connectivity index (χ2v) is 7.39. The number of nitrogens with two attached hydrogens (primary N) is 1. The van der Waals surface area contributed by atoms with Crippen LogP contribution >= 0.6 is 0 Å². The van der Waals surface area contributed by atoms with E-state index in [-0.39, 0.29) is 5.91 Å². The van der Waals surface area contributed by atoms with Crippen molar-refractivity contribution in [3.63, 3.8) is 0 Å². The van der Waals surface area contributed by atoms with Gasteiger partial charge in [-0.25, -0.2) is 0 Å². The van der Waals surface area contributed by atoms with Crippen LogP contribution in [0.15, 0.2) is 60.8 Å². The molecule has 2 unspecified atom stereocenters. The fraction of sp³-hybridized carbons (Fsp3) is 0.318. The molecular formula is C22H25N3O. The Balaban J connectivity index is 1.51. The van der Waals surface area contributed by atoms with Gasteiger partial charge in [0.15, 0.2) is 0 Å². The van der Waals surface area contributed by atoms with Gasteiger partial charge in [0, 0.05) is 29.7 Å². The van der Waals surface area contributed by atoms with E-state index in [9.17, 15) is 4.79 Å². The number of carbonyl (C=O) groups is 1. The van der Waals surface area contributed by atoms with Crippen LogP contribution in [0.4, 0.5) is 0 Å². The number of hydrogen-bond acceptors (Lipinski definition) is 2. The molecule has 2 aromatic carbocycles. The zero-order chi connectivity index (χ0) is 18.1. The summed E-state index contributed by atoms with van der Waals surface area (Å²) in [4.78, 5) is 11.4. The molecular weight excluding hydrogens is 322 g/mol. The van der Waals surface area contributed by atoms with Gasteiger partial charge in [-0.3, -0.25) is 9.47 Å². The predicted molar refractivity (Wildman–Crippen MR) is 106 cm³/mol. The summed E-state index contributed by atoms with van der Waals surface area (Å²) in [6, 6.07) is 19.0. The van der Waals surface area contributed by atoms with Crippen LogP contribution in [0.5, 0.6) is 0 Å². The lowest BCUT2D eigenvalue weighted by atomic mass is 9.87. The Morgan fingerprint density at radius 1 is 1.15 bits per heavy atom. The van der Waals surface area contributed by atoms with Gasteiger partial charge in [-0.15, -0.1) is 0 Å². The third-order valence-corrected chi connectivity index (χ3v) is 5.55. The number of amides is 1. The lowest BCUT2D eigenvalue weighted by Crippen LogP contribution is -2.47. The molecule has 0 saturated carbocycles. The Labute approximate surface area is 154 Å². The molecule has 1 aliphatic heterocycles. The van der Waals surface area contributed by atoms with E-state index in [4.69, 9.17) is 5.73 Å². The average molecular weight is 347 g/mol. The van der Waals surface area contributed by atoms with Gasteiger partial charge in [0.2, 0.25) is 5.91 Å². The smallest absolute Gasteiger partial charge is 0.248 e. The molecule has 0 radical (unpaired) electrons. The topological polar surface area (TPSA) is 51.3 Å². The summed E-state index contributed by atoms with van der Waals surface area (Å²) in [5, 5.41) is 3.49. The van der Waals surface area contributed by atoms with Gasteiger partial charge >= 0.3 is 0 Å². The van der Waals surface area contributed by atoms with E-state index in [1.807, 2.05) is 18.2 Å². The van der Waals surface area contributed by atoms with Crippen LogP contribution in [0.2, 0.25) is 0 Å². The Bertz CT molecular complexity index is 916. The summed E-state index contributed by atoms with van der Waals surface area (Å²) in [5.74, 6) is 0.349. The van der Waals surface area contributed by atoms with Crippen molar-refractivity contribution in [3.05, 3.63) is 71.9 Å². The van der Waals surface area contributed by atoms with E-state index in [1.165, 1.54) is 18.4 Å². The number of fused-ring (bicyclic) bond motifs is 1. The van der Waals surface area contributed by atoms with Crippen molar-refractivity contribution in [2.45, 2.75) is 32.2 Å². The number of rotatable bonds is 4. The summed E-state index contributed by atoms with van der Waals surface area (Å²) < 4.78 is 2.24. The molecule has 0 aliphatic carbocycles. The molecule has 0 spiro atoms. The van der Waals surface area contributed by atoms with Crippen LogP contribution in [-0.4, -0.2) is 23.2 Å². The van der Waals surface area contributed by atoms with Gasteiger partial charge in [-0.2, -0.15) is 0 Å². The molecule has 2 heterocycles. The minimum absolute atomic E-state index is 0.380. The van der Waals surface area contributed by atoms with Crippen LogP contribution in [0.3, 0.4) is 0 Å². The second-order valence-electron chi connectivity index (χ2n) is 7.39. The lowest BCUT2D eigenvalue weighted by Gasteiger charge is -2.40. The Hall–Kier alpha value is -2.75. The first-order valence-electron chi connectivity index (χ1n) is 9.33. The summed E-state index contributed by atoms with van der Waals surface area (Å²) >= 11 is 0. The van der Waals surface area contributed by atoms with E-state index in [1.54, 1.807) is 0 Å². The van der Waals surface area contributed by atoms with E-state index in [0.29, 0.717) is 11.6 Å². The highest BCUT2D eigenvalue weighted by Gasteiger charge is 2.26. The number of benzene rings is 2. The highest BCUT2D eigenvalue weighted by Crippen LogP contribution is 2.27. The zero-order valence-corrected chi connectivity index (χ0v) is 15.1. The predicted octanol–water partition coefficient (Wildman–Crippen LogP) is 3.72. The Kier molecular flexibility index (Phi) is 4.41.